The number of thiazole rings is 1. The number of carbonyl (C=O) groups is 1. The van der Waals surface area contributed by atoms with Gasteiger partial charge in [-0.25, -0.2) is 18.6 Å². The van der Waals surface area contributed by atoms with Gasteiger partial charge in [-0.1, -0.05) is 29.4 Å². The Bertz CT molecular complexity index is 1310. The van der Waals surface area contributed by atoms with E-state index in [1.807, 2.05) is 31.2 Å². The van der Waals surface area contributed by atoms with E-state index in [4.69, 9.17) is 9.63 Å². The summed E-state index contributed by atoms with van der Waals surface area (Å²) < 4.78 is 33.7. The zero-order chi connectivity index (χ0) is 22.5. The lowest BCUT2D eigenvalue weighted by atomic mass is 9.91. The molecule has 1 N–H and O–H groups in total. The number of rotatable bonds is 7. The first-order valence-corrected chi connectivity index (χ1v) is 10.7. The van der Waals surface area contributed by atoms with Crippen LogP contribution in [0.15, 0.2) is 40.2 Å². The number of aromatic carboxylic acids is 1. The van der Waals surface area contributed by atoms with Crippen LogP contribution in [0.25, 0.3) is 11.6 Å². The van der Waals surface area contributed by atoms with Gasteiger partial charge in [0.05, 0.1) is 12.0 Å². The lowest BCUT2D eigenvalue weighted by Crippen LogP contribution is -2.12. The molecule has 1 saturated carbocycles. The second-order valence-electron chi connectivity index (χ2n) is 7.66. The van der Waals surface area contributed by atoms with Crippen LogP contribution in [0.1, 0.15) is 57.4 Å². The molecule has 1 aliphatic carbocycles. The molecule has 32 heavy (non-hydrogen) atoms. The summed E-state index contributed by atoms with van der Waals surface area (Å²) in [6, 6.07) is 9.22. The summed E-state index contributed by atoms with van der Waals surface area (Å²) in [5.74, 6) is -0.601. The van der Waals surface area contributed by atoms with Crippen LogP contribution in [0.2, 0.25) is 0 Å². The number of halogens is 2. The molecule has 0 saturated heterocycles. The molecule has 0 spiro atoms. The summed E-state index contributed by atoms with van der Waals surface area (Å²) in [5, 5.41) is 19.1. The van der Waals surface area contributed by atoms with Crippen LogP contribution in [-0.4, -0.2) is 36.0 Å². The molecule has 0 aliphatic heterocycles. The van der Waals surface area contributed by atoms with Crippen molar-refractivity contribution in [1.29, 1.82) is 0 Å². The minimum Gasteiger partial charge on any atom is -0.476 e. The summed E-state index contributed by atoms with van der Waals surface area (Å²) in [4.78, 5) is 19.4. The molecule has 3 aromatic heterocycles. The molecule has 1 aromatic carbocycles. The molecule has 0 amide bonds. The van der Waals surface area contributed by atoms with Crippen LogP contribution in [0, 0.1) is 6.92 Å². The van der Waals surface area contributed by atoms with E-state index in [-0.39, 0.29) is 34.9 Å². The van der Waals surface area contributed by atoms with E-state index in [2.05, 4.69) is 20.2 Å². The van der Waals surface area contributed by atoms with Crippen LogP contribution in [0.4, 0.5) is 8.78 Å². The second-order valence-corrected chi connectivity index (χ2v) is 8.61. The van der Waals surface area contributed by atoms with Crippen molar-refractivity contribution in [2.75, 3.05) is 0 Å². The molecule has 5 rings (SSSR count). The van der Waals surface area contributed by atoms with Crippen LogP contribution < -0.4 is 0 Å². The highest BCUT2D eigenvalue weighted by molar-refractivity contribution is 7.09. The maximum absolute atomic E-state index is 13.6. The number of alkyl halides is 2. The Balaban J connectivity index is 1.46. The maximum Gasteiger partial charge on any atom is 0.355 e. The summed E-state index contributed by atoms with van der Waals surface area (Å²) in [6.07, 6.45) is -1.04. The first-order chi connectivity index (χ1) is 15.4. The molecule has 3 heterocycles. The maximum atomic E-state index is 13.6. The van der Waals surface area contributed by atoms with E-state index in [0.717, 1.165) is 40.0 Å². The molecule has 4 aromatic rings. The third kappa shape index (κ3) is 3.48. The van der Waals surface area contributed by atoms with E-state index in [1.165, 1.54) is 11.4 Å². The molecule has 1 aliphatic rings. The quantitative estimate of drug-likeness (QED) is 0.437. The molecule has 0 unspecified atom stereocenters. The highest BCUT2D eigenvalue weighted by Gasteiger charge is 2.50. The fraction of sp³-hybridized carbons (Fsp3) is 0.286. The molecular formula is C21H17F2N5O3S. The van der Waals surface area contributed by atoms with Crippen molar-refractivity contribution in [3.63, 3.8) is 0 Å². The van der Waals surface area contributed by atoms with Gasteiger partial charge < -0.3 is 9.63 Å². The first kappa shape index (κ1) is 20.4. The minimum absolute atomic E-state index is 0.0610. The molecule has 11 heteroatoms. The van der Waals surface area contributed by atoms with Gasteiger partial charge in [-0.05, 0) is 37.0 Å². The van der Waals surface area contributed by atoms with Gasteiger partial charge in [0, 0.05) is 5.38 Å². The lowest BCUT2D eigenvalue weighted by molar-refractivity contribution is 0.0691. The Kier molecular flexibility index (Phi) is 4.85. The summed E-state index contributed by atoms with van der Waals surface area (Å²) in [5.41, 5.74) is 1.59. The lowest BCUT2D eigenvalue weighted by Gasteiger charge is -2.13. The number of aryl methyl sites for hydroxylation is 1. The Labute approximate surface area is 184 Å². The number of aromatic nitrogens is 5. The van der Waals surface area contributed by atoms with Crippen LogP contribution in [0.3, 0.4) is 0 Å². The molecular weight excluding hydrogens is 440 g/mol. The molecule has 8 nitrogen and oxygen atoms in total. The Morgan fingerprint density at radius 1 is 1.31 bits per heavy atom. The van der Waals surface area contributed by atoms with Gasteiger partial charge >= 0.3 is 5.97 Å². The van der Waals surface area contributed by atoms with E-state index in [0.29, 0.717) is 10.8 Å². The SMILES string of the molecule is Cc1ccccc1C1(c2noc(-c3cc(C(F)F)n(Cc4nc(C(=O)O)cs4)n3)n2)CC1. The molecule has 0 radical (unpaired) electrons. The molecule has 164 valence electrons. The predicted octanol–water partition coefficient (Wildman–Crippen LogP) is 4.46. The van der Waals surface area contributed by atoms with Crippen LogP contribution >= 0.6 is 11.3 Å². The van der Waals surface area contributed by atoms with E-state index in [1.54, 1.807) is 0 Å². The van der Waals surface area contributed by atoms with Gasteiger partial charge in [-0.2, -0.15) is 10.1 Å². The summed E-state index contributed by atoms with van der Waals surface area (Å²) in [6.45, 7) is 1.94. The molecule has 0 bridgehead atoms. The third-order valence-corrected chi connectivity index (χ3v) is 6.41. The van der Waals surface area contributed by atoms with E-state index >= 15 is 0 Å². The van der Waals surface area contributed by atoms with E-state index in [9.17, 15) is 13.6 Å². The van der Waals surface area contributed by atoms with Crippen molar-refractivity contribution >= 4 is 17.3 Å². The minimum atomic E-state index is -2.79. The van der Waals surface area contributed by atoms with Crippen molar-refractivity contribution in [3.05, 3.63) is 69.1 Å². The van der Waals surface area contributed by atoms with Gasteiger partial charge in [0.15, 0.2) is 17.2 Å². The van der Waals surface area contributed by atoms with Gasteiger partial charge in [0.25, 0.3) is 12.3 Å². The topological polar surface area (TPSA) is 107 Å². The summed E-state index contributed by atoms with van der Waals surface area (Å²) in [7, 11) is 0. The number of carboxylic acids is 1. The van der Waals surface area contributed by atoms with Gasteiger partial charge in [0.1, 0.15) is 10.7 Å². The van der Waals surface area contributed by atoms with Crippen molar-refractivity contribution in [3.8, 4) is 11.6 Å². The first-order valence-electron chi connectivity index (χ1n) is 9.81. The second kappa shape index (κ2) is 7.59. The fourth-order valence-electron chi connectivity index (χ4n) is 3.82. The zero-order valence-electron chi connectivity index (χ0n) is 16.8. The highest BCUT2D eigenvalue weighted by atomic mass is 32.1. The number of nitrogens with zero attached hydrogens (tertiary/aromatic N) is 5. The smallest absolute Gasteiger partial charge is 0.355 e. The van der Waals surface area contributed by atoms with Gasteiger partial charge in [0.2, 0.25) is 0 Å². The largest absolute Gasteiger partial charge is 0.476 e. The van der Waals surface area contributed by atoms with Crippen molar-refractivity contribution in [1.82, 2.24) is 24.9 Å². The van der Waals surface area contributed by atoms with Gasteiger partial charge in [-0.15, -0.1) is 11.3 Å². The van der Waals surface area contributed by atoms with Crippen molar-refractivity contribution in [2.45, 2.75) is 38.2 Å². The standard InChI is InChI=1S/C21H17F2N5O3S/c1-11-4-2-3-5-12(11)21(6-7-21)20-25-18(31-27-20)13-8-15(17(22)23)28(26-13)9-16-24-14(10-32-16)19(29)30/h2-5,8,10,17H,6-7,9H2,1H3,(H,29,30). The average molecular weight is 457 g/mol. The third-order valence-electron chi connectivity index (χ3n) is 5.57. The molecule has 1 fully saturated rings. The van der Waals surface area contributed by atoms with E-state index < -0.39 is 12.4 Å². The predicted molar refractivity (Wildman–Crippen MR) is 110 cm³/mol. The Morgan fingerprint density at radius 3 is 2.75 bits per heavy atom. The highest BCUT2D eigenvalue weighted by Crippen LogP contribution is 2.53. The summed E-state index contributed by atoms with van der Waals surface area (Å²) >= 11 is 1.06. The average Bonchev–Trinajstić information content (AvgIpc) is 3.15. The number of carboxylic acid groups (broad SMARTS) is 1. The number of hydrogen-bond acceptors (Lipinski definition) is 7. The van der Waals surface area contributed by atoms with Crippen molar-refractivity contribution in [2.24, 2.45) is 0 Å². The van der Waals surface area contributed by atoms with Crippen LogP contribution in [-0.2, 0) is 12.0 Å². The monoisotopic (exact) mass is 457 g/mol. The van der Waals surface area contributed by atoms with Crippen molar-refractivity contribution < 1.29 is 23.2 Å². The Morgan fingerprint density at radius 2 is 2.09 bits per heavy atom. The number of hydrogen-bond donors (Lipinski definition) is 1. The molecule has 0 atom stereocenters. The van der Waals surface area contributed by atoms with Crippen LogP contribution in [0.5, 0.6) is 0 Å². The number of benzene rings is 1. The fourth-order valence-corrected chi connectivity index (χ4v) is 4.57. The van der Waals surface area contributed by atoms with Gasteiger partial charge in [-0.3, -0.25) is 4.68 Å². The normalized spacial score (nSPS) is 14.8. The Hall–Kier alpha value is -3.47. The zero-order valence-corrected chi connectivity index (χ0v) is 17.6.